The van der Waals surface area contributed by atoms with E-state index in [-0.39, 0.29) is 18.9 Å². The van der Waals surface area contributed by atoms with Crippen LogP contribution in [0, 0.1) is 0 Å². The summed E-state index contributed by atoms with van der Waals surface area (Å²) in [6.07, 6.45) is 0.171. The van der Waals surface area contributed by atoms with Crippen LogP contribution in [-0.4, -0.2) is 18.4 Å². The Kier molecular flexibility index (Phi) is 4.32. The van der Waals surface area contributed by atoms with Gasteiger partial charge in [-0.15, -0.1) is 0 Å². The van der Waals surface area contributed by atoms with Gasteiger partial charge >= 0.3 is 0 Å². The number of ether oxygens (including phenoxy) is 1. The monoisotopic (exact) mass is 222 g/mol. The van der Waals surface area contributed by atoms with Crippen molar-refractivity contribution in [3.05, 3.63) is 24.3 Å². The highest BCUT2D eigenvalue weighted by Crippen LogP contribution is 2.17. The molecule has 0 unspecified atom stereocenters. The molecule has 0 fully saturated rings. The minimum atomic E-state index is -0.405. The van der Waals surface area contributed by atoms with Crippen molar-refractivity contribution in [2.24, 2.45) is 5.73 Å². The van der Waals surface area contributed by atoms with Gasteiger partial charge < -0.3 is 15.8 Å². The maximum Gasteiger partial charge on any atom is 0.221 e. The first-order valence-corrected chi connectivity index (χ1v) is 4.86. The molecule has 1 aromatic carbocycles. The van der Waals surface area contributed by atoms with Crippen molar-refractivity contribution < 1.29 is 14.3 Å². The number of carbonyl (C=O) groups excluding carboxylic acids is 2. The van der Waals surface area contributed by atoms with Gasteiger partial charge in [-0.05, 0) is 12.1 Å². The van der Waals surface area contributed by atoms with E-state index in [1.165, 1.54) is 6.92 Å². The summed E-state index contributed by atoms with van der Waals surface area (Å²) in [5, 5.41) is 2.63. The van der Waals surface area contributed by atoms with Crippen molar-refractivity contribution in [3.63, 3.8) is 0 Å². The average molecular weight is 222 g/mol. The SMILES string of the molecule is CC(=O)Nc1cccc(OCCC(N)=O)c1. The Morgan fingerprint density at radius 1 is 1.44 bits per heavy atom. The number of hydrogen-bond acceptors (Lipinski definition) is 3. The molecule has 3 N–H and O–H groups in total. The Morgan fingerprint density at radius 2 is 2.19 bits per heavy atom. The topological polar surface area (TPSA) is 81.4 Å². The number of carbonyl (C=O) groups is 2. The second-order valence-electron chi connectivity index (χ2n) is 3.27. The quantitative estimate of drug-likeness (QED) is 0.776. The molecule has 0 saturated heterocycles. The zero-order chi connectivity index (χ0) is 12.0. The second-order valence-corrected chi connectivity index (χ2v) is 3.27. The molecule has 0 aromatic heterocycles. The first-order valence-electron chi connectivity index (χ1n) is 4.86. The summed E-state index contributed by atoms with van der Waals surface area (Å²) in [5.74, 6) is 0.0415. The Hall–Kier alpha value is -2.04. The Morgan fingerprint density at radius 3 is 2.81 bits per heavy atom. The summed E-state index contributed by atoms with van der Waals surface area (Å²) in [6, 6.07) is 6.93. The van der Waals surface area contributed by atoms with Gasteiger partial charge in [0.15, 0.2) is 0 Å². The van der Waals surface area contributed by atoms with Crippen LogP contribution in [0.1, 0.15) is 13.3 Å². The molecule has 5 heteroatoms. The average Bonchev–Trinajstić information content (AvgIpc) is 2.16. The van der Waals surface area contributed by atoms with Gasteiger partial charge in [0.25, 0.3) is 0 Å². The molecule has 0 aliphatic carbocycles. The molecular weight excluding hydrogens is 208 g/mol. The summed E-state index contributed by atoms with van der Waals surface area (Å²) in [5.41, 5.74) is 5.63. The third-order valence-electron chi connectivity index (χ3n) is 1.77. The van der Waals surface area contributed by atoms with Crippen molar-refractivity contribution in [2.45, 2.75) is 13.3 Å². The maximum atomic E-state index is 10.8. The van der Waals surface area contributed by atoms with Crippen LogP contribution in [0.2, 0.25) is 0 Å². The lowest BCUT2D eigenvalue weighted by Crippen LogP contribution is -2.14. The van der Waals surface area contributed by atoms with E-state index in [1.807, 2.05) is 0 Å². The van der Waals surface area contributed by atoms with E-state index < -0.39 is 5.91 Å². The van der Waals surface area contributed by atoms with Gasteiger partial charge in [0.2, 0.25) is 11.8 Å². The third-order valence-corrected chi connectivity index (χ3v) is 1.77. The molecule has 2 amide bonds. The molecule has 1 aromatic rings. The molecule has 0 heterocycles. The van der Waals surface area contributed by atoms with E-state index in [1.54, 1.807) is 24.3 Å². The molecule has 86 valence electrons. The van der Waals surface area contributed by atoms with Gasteiger partial charge in [0.05, 0.1) is 13.0 Å². The number of nitrogens with two attached hydrogens (primary N) is 1. The van der Waals surface area contributed by atoms with Gasteiger partial charge in [-0.2, -0.15) is 0 Å². The van der Waals surface area contributed by atoms with Gasteiger partial charge in [-0.25, -0.2) is 0 Å². The van der Waals surface area contributed by atoms with Gasteiger partial charge in [-0.3, -0.25) is 9.59 Å². The smallest absolute Gasteiger partial charge is 0.221 e. The molecular formula is C11H14N2O3. The van der Waals surface area contributed by atoms with Crippen molar-refractivity contribution in [1.29, 1.82) is 0 Å². The van der Waals surface area contributed by atoms with Crippen LogP contribution in [0.5, 0.6) is 5.75 Å². The lowest BCUT2D eigenvalue weighted by Gasteiger charge is -2.07. The van der Waals surface area contributed by atoms with Crippen LogP contribution in [0.15, 0.2) is 24.3 Å². The zero-order valence-corrected chi connectivity index (χ0v) is 9.03. The van der Waals surface area contributed by atoms with Gasteiger partial charge in [0.1, 0.15) is 5.75 Å². The molecule has 0 atom stereocenters. The molecule has 0 saturated carbocycles. The Balaban J connectivity index is 2.53. The lowest BCUT2D eigenvalue weighted by molar-refractivity contribution is -0.118. The van der Waals surface area contributed by atoms with Crippen molar-refractivity contribution in [1.82, 2.24) is 0 Å². The third kappa shape index (κ3) is 4.45. The fourth-order valence-corrected chi connectivity index (χ4v) is 1.14. The number of primary amides is 1. The predicted octanol–water partition coefficient (Wildman–Crippen LogP) is 0.899. The summed E-state index contributed by atoms with van der Waals surface area (Å²) < 4.78 is 5.29. The standard InChI is InChI=1S/C11H14N2O3/c1-8(14)13-9-3-2-4-10(7-9)16-6-5-11(12)15/h2-4,7H,5-6H2,1H3,(H2,12,15)(H,13,14). The molecule has 1 rings (SSSR count). The van der Waals surface area contributed by atoms with Crippen LogP contribution < -0.4 is 15.8 Å². The summed E-state index contributed by atoms with van der Waals surface area (Å²) in [7, 11) is 0. The van der Waals surface area contributed by atoms with Crippen LogP contribution >= 0.6 is 0 Å². The van der Waals surface area contributed by atoms with Crippen LogP contribution in [0.25, 0.3) is 0 Å². The highest BCUT2D eigenvalue weighted by atomic mass is 16.5. The highest BCUT2D eigenvalue weighted by Gasteiger charge is 1.99. The fourth-order valence-electron chi connectivity index (χ4n) is 1.14. The number of hydrogen-bond donors (Lipinski definition) is 2. The number of anilines is 1. The zero-order valence-electron chi connectivity index (χ0n) is 9.03. The molecule has 0 spiro atoms. The molecule has 5 nitrogen and oxygen atoms in total. The number of nitrogens with one attached hydrogen (secondary N) is 1. The van der Waals surface area contributed by atoms with Gasteiger partial charge in [-0.1, -0.05) is 6.07 Å². The number of amides is 2. The fraction of sp³-hybridized carbons (Fsp3) is 0.273. The van der Waals surface area contributed by atoms with Crippen molar-refractivity contribution in [3.8, 4) is 5.75 Å². The van der Waals surface area contributed by atoms with Crippen LogP contribution in [-0.2, 0) is 9.59 Å². The number of rotatable bonds is 5. The van der Waals surface area contributed by atoms with Crippen LogP contribution in [0.4, 0.5) is 5.69 Å². The minimum Gasteiger partial charge on any atom is -0.493 e. The Labute approximate surface area is 93.6 Å². The number of benzene rings is 1. The van der Waals surface area contributed by atoms with Gasteiger partial charge in [0, 0.05) is 18.7 Å². The van der Waals surface area contributed by atoms with E-state index >= 15 is 0 Å². The molecule has 0 aliphatic rings. The van der Waals surface area contributed by atoms with Crippen molar-refractivity contribution in [2.75, 3.05) is 11.9 Å². The summed E-state index contributed by atoms with van der Waals surface area (Å²) in [4.78, 5) is 21.3. The van der Waals surface area contributed by atoms with E-state index in [9.17, 15) is 9.59 Å². The molecule has 16 heavy (non-hydrogen) atoms. The molecule has 0 aliphatic heterocycles. The summed E-state index contributed by atoms with van der Waals surface area (Å²) in [6.45, 7) is 1.67. The molecule has 0 radical (unpaired) electrons. The van der Waals surface area contributed by atoms with E-state index in [2.05, 4.69) is 5.32 Å². The maximum absolute atomic E-state index is 10.8. The van der Waals surface area contributed by atoms with E-state index in [0.29, 0.717) is 11.4 Å². The first-order chi connectivity index (χ1) is 7.58. The van der Waals surface area contributed by atoms with Crippen molar-refractivity contribution >= 4 is 17.5 Å². The predicted molar refractivity (Wildman–Crippen MR) is 60.1 cm³/mol. The van der Waals surface area contributed by atoms with Crippen LogP contribution in [0.3, 0.4) is 0 Å². The molecule has 0 bridgehead atoms. The second kappa shape index (κ2) is 5.75. The normalized spacial score (nSPS) is 9.56. The lowest BCUT2D eigenvalue weighted by atomic mass is 10.3. The van der Waals surface area contributed by atoms with E-state index in [4.69, 9.17) is 10.5 Å². The summed E-state index contributed by atoms with van der Waals surface area (Å²) >= 11 is 0. The Bertz CT molecular complexity index is 391. The van der Waals surface area contributed by atoms with E-state index in [0.717, 1.165) is 0 Å². The highest BCUT2D eigenvalue weighted by molar-refractivity contribution is 5.88. The first kappa shape index (κ1) is 12.0. The largest absolute Gasteiger partial charge is 0.493 e. The minimum absolute atomic E-state index is 0.144.